The fourth-order valence-electron chi connectivity index (χ4n) is 3.51. The van der Waals surface area contributed by atoms with E-state index in [4.69, 9.17) is 4.98 Å². The van der Waals surface area contributed by atoms with Crippen LogP contribution in [-0.2, 0) is 13.5 Å². The summed E-state index contributed by atoms with van der Waals surface area (Å²) >= 11 is 0. The fraction of sp³-hybridized carbons (Fsp3) is 0.867. The van der Waals surface area contributed by atoms with Crippen LogP contribution in [0.25, 0.3) is 0 Å². The Kier molecular flexibility index (Phi) is 4.16. The molecule has 4 heteroatoms. The molecule has 2 heterocycles. The molecule has 1 saturated heterocycles. The van der Waals surface area contributed by atoms with Crippen molar-refractivity contribution in [3.63, 3.8) is 0 Å². The van der Waals surface area contributed by atoms with Crippen molar-refractivity contribution in [3.8, 4) is 0 Å². The molecule has 0 radical (unpaired) electrons. The minimum Gasteiger partial charge on any atom is -0.316 e. The van der Waals surface area contributed by atoms with Crippen LogP contribution in [0.3, 0.4) is 0 Å². The van der Waals surface area contributed by atoms with Crippen molar-refractivity contribution >= 4 is 0 Å². The highest BCUT2D eigenvalue weighted by Gasteiger charge is 2.22. The second kappa shape index (κ2) is 6.04. The molecular weight excluding hydrogens is 236 g/mol. The van der Waals surface area contributed by atoms with Gasteiger partial charge in [0.25, 0.3) is 0 Å². The molecule has 1 aromatic heterocycles. The van der Waals surface area contributed by atoms with Gasteiger partial charge in [-0.2, -0.15) is 5.10 Å². The van der Waals surface area contributed by atoms with E-state index in [1.165, 1.54) is 57.3 Å². The second-order valence-electron chi connectivity index (χ2n) is 6.26. The van der Waals surface area contributed by atoms with Gasteiger partial charge in [-0.3, -0.25) is 4.68 Å². The van der Waals surface area contributed by atoms with E-state index in [1.54, 1.807) is 0 Å². The predicted octanol–water partition coefficient (Wildman–Crippen LogP) is 2.40. The van der Waals surface area contributed by atoms with E-state index in [-0.39, 0.29) is 0 Å². The average Bonchev–Trinajstić information content (AvgIpc) is 2.82. The Morgan fingerprint density at radius 1 is 1.16 bits per heavy atom. The van der Waals surface area contributed by atoms with E-state index in [2.05, 4.69) is 17.5 Å². The zero-order chi connectivity index (χ0) is 13.1. The molecule has 1 saturated carbocycles. The first-order valence-electron chi connectivity index (χ1n) is 7.93. The monoisotopic (exact) mass is 262 g/mol. The summed E-state index contributed by atoms with van der Waals surface area (Å²) in [6.07, 6.45) is 10.4. The van der Waals surface area contributed by atoms with Crippen LogP contribution in [0, 0.1) is 5.92 Å². The molecule has 4 nitrogen and oxygen atoms in total. The number of nitrogens with zero attached hydrogens (tertiary/aromatic N) is 3. The molecule has 106 valence electrons. The maximum absolute atomic E-state index is 4.85. The van der Waals surface area contributed by atoms with E-state index >= 15 is 0 Å². The van der Waals surface area contributed by atoms with Gasteiger partial charge in [0.2, 0.25) is 0 Å². The van der Waals surface area contributed by atoms with E-state index in [9.17, 15) is 0 Å². The summed E-state index contributed by atoms with van der Waals surface area (Å²) in [6, 6.07) is 0. The van der Waals surface area contributed by atoms with Crippen molar-refractivity contribution in [3.05, 3.63) is 11.6 Å². The number of piperidine rings is 1. The third-order valence-electron chi connectivity index (χ3n) is 4.71. The summed E-state index contributed by atoms with van der Waals surface area (Å²) in [6.45, 7) is 2.33. The SMILES string of the molecule is Cn1nc(C2CCCCC2)nc1CC1CCCNC1. The van der Waals surface area contributed by atoms with Gasteiger partial charge in [-0.15, -0.1) is 0 Å². The van der Waals surface area contributed by atoms with Crippen molar-refractivity contribution in [2.45, 2.75) is 57.3 Å². The normalized spacial score (nSPS) is 25.6. The molecule has 1 aliphatic carbocycles. The zero-order valence-electron chi connectivity index (χ0n) is 12.1. The Hall–Kier alpha value is -0.900. The van der Waals surface area contributed by atoms with Gasteiger partial charge in [0, 0.05) is 19.4 Å². The van der Waals surface area contributed by atoms with Crippen LogP contribution in [-0.4, -0.2) is 27.9 Å². The molecule has 0 spiro atoms. The summed E-state index contributed by atoms with van der Waals surface area (Å²) in [4.78, 5) is 4.85. The van der Waals surface area contributed by atoms with Gasteiger partial charge in [-0.1, -0.05) is 19.3 Å². The molecule has 2 fully saturated rings. The van der Waals surface area contributed by atoms with E-state index in [0.29, 0.717) is 5.92 Å². The Morgan fingerprint density at radius 3 is 2.74 bits per heavy atom. The van der Waals surface area contributed by atoms with Crippen molar-refractivity contribution in [2.75, 3.05) is 13.1 Å². The molecule has 1 atom stereocenters. The smallest absolute Gasteiger partial charge is 0.154 e. The number of rotatable bonds is 3. The van der Waals surface area contributed by atoms with Crippen LogP contribution < -0.4 is 5.32 Å². The number of nitrogens with one attached hydrogen (secondary N) is 1. The Morgan fingerprint density at radius 2 is 2.00 bits per heavy atom. The predicted molar refractivity (Wildman–Crippen MR) is 76.1 cm³/mol. The maximum Gasteiger partial charge on any atom is 0.154 e. The van der Waals surface area contributed by atoms with Crippen molar-refractivity contribution in [1.82, 2.24) is 20.1 Å². The third-order valence-corrected chi connectivity index (χ3v) is 4.71. The van der Waals surface area contributed by atoms with Gasteiger partial charge >= 0.3 is 0 Å². The van der Waals surface area contributed by atoms with Gasteiger partial charge in [0.05, 0.1) is 0 Å². The second-order valence-corrected chi connectivity index (χ2v) is 6.26. The van der Waals surface area contributed by atoms with Crippen LogP contribution in [0.2, 0.25) is 0 Å². The van der Waals surface area contributed by atoms with Crippen LogP contribution in [0.15, 0.2) is 0 Å². The lowest BCUT2D eigenvalue weighted by molar-refractivity contribution is 0.366. The van der Waals surface area contributed by atoms with Crippen LogP contribution in [0.5, 0.6) is 0 Å². The molecular formula is C15H26N4. The van der Waals surface area contributed by atoms with Crippen LogP contribution >= 0.6 is 0 Å². The summed E-state index contributed by atoms with van der Waals surface area (Å²) in [5.41, 5.74) is 0. The molecule has 2 aliphatic rings. The lowest BCUT2D eigenvalue weighted by Gasteiger charge is -2.22. The van der Waals surface area contributed by atoms with Crippen molar-refractivity contribution in [1.29, 1.82) is 0 Å². The highest BCUT2D eigenvalue weighted by Crippen LogP contribution is 2.31. The first-order chi connectivity index (χ1) is 9.33. The molecule has 3 rings (SSSR count). The lowest BCUT2D eigenvalue weighted by atomic mass is 9.89. The van der Waals surface area contributed by atoms with Gasteiger partial charge in [0.1, 0.15) is 5.82 Å². The Balaban J connectivity index is 1.66. The number of aromatic nitrogens is 3. The molecule has 1 N–H and O–H groups in total. The summed E-state index contributed by atoms with van der Waals surface area (Å²) in [7, 11) is 2.06. The Labute approximate surface area is 116 Å². The largest absolute Gasteiger partial charge is 0.316 e. The van der Waals surface area contributed by atoms with Crippen LogP contribution in [0.4, 0.5) is 0 Å². The van der Waals surface area contributed by atoms with Gasteiger partial charge in [-0.25, -0.2) is 4.98 Å². The van der Waals surface area contributed by atoms with E-state index < -0.39 is 0 Å². The zero-order valence-corrected chi connectivity index (χ0v) is 12.1. The molecule has 0 bridgehead atoms. The topological polar surface area (TPSA) is 42.7 Å². The summed E-state index contributed by atoms with van der Waals surface area (Å²) in [5, 5.41) is 8.17. The average molecular weight is 262 g/mol. The van der Waals surface area contributed by atoms with E-state index in [0.717, 1.165) is 24.7 Å². The third kappa shape index (κ3) is 3.16. The quantitative estimate of drug-likeness (QED) is 0.909. The fourth-order valence-corrected chi connectivity index (χ4v) is 3.51. The van der Waals surface area contributed by atoms with Gasteiger partial charge < -0.3 is 5.32 Å². The molecule has 19 heavy (non-hydrogen) atoms. The highest BCUT2D eigenvalue weighted by molar-refractivity contribution is 5.01. The number of aryl methyl sites for hydroxylation is 1. The number of hydrogen-bond acceptors (Lipinski definition) is 3. The van der Waals surface area contributed by atoms with Gasteiger partial charge in [-0.05, 0) is 44.7 Å². The van der Waals surface area contributed by atoms with Crippen LogP contribution in [0.1, 0.15) is 62.5 Å². The first-order valence-corrected chi connectivity index (χ1v) is 7.93. The molecule has 1 unspecified atom stereocenters. The highest BCUT2D eigenvalue weighted by atomic mass is 15.3. The number of hydrogen-bond donors (Lipinski definition) is 1. The minimum absolute atomic E-state index is 0.623. The van der Waals surface area contributed by atoms with Gasteiger partial charge in [0.15, 0.2) is 5.82 Å². The lowest BCUT2D eigenvalue weighted by Crippen LogP contribution is -2.31. The molecule has 1 aromatic rings. The standard InChI is InChI=1S/C15H26N4/c1-19-14(10-12-6-5-9-16-11-12)17-15(18-19)13-7-3-2-4-8-13/h12-13,16H,2-11H2,1H3. The molecule has 0 amide bonds. The summed E-state index contributed by atoms with van der Waals surface area (Å²) < 4.78 is 2.03. The summed E-state index contributed by atoms with van der Waals surface area (Å²) in [5.74, 6) is 3.67. The van der Waals surface area contributed by atoms with E-state index in [1.807, 2.05) is 4.68 Å². The van der Waals surface area contributed by atoms with Crippen molar-refractivity contribution in [2.24, 2.45) is 13.0 Å². The molecule has 0 aromatic carbocycles. The maximum atomic E-state index is 4.85. The van der Waals surface area contributed by atoms with Crippen molar-refractivity contribution < 1.29 is 0 Å². The molecule has 1 aliphatic heterocycles. The Bertz CT molecular complexity index is 400. The first kappa shape index (κ1) is 13.1. The minimum atomic E-state index is 0.623.